The van der Waals surface area contributed by atoms with E-state index in [1.807, 2.05) is 0 Å². The predicted octanol–water partition coefficient (Wildman–Crippen LogP) is -0.825. The highest BCUT2D eigenvalue weighted by Gasteiger charge is 2.30. The number of nitrogens with one attached hydrogen (secondary N) is 1. The number of nitrogens with zero attached hydrogens (tertiary/aromatic N) is 1. The van der Waals surface area contributed by atoms with E-state index in [1.165, 1.54) is 4.31 Å². The van der Waals surface area contributed by atoms with E-state index in [9.17, 15) is 13.2 Å². The molecule has 1 amide bonds. The second kappa shape index (κ2) is 5.32. The first kappa shape index (κ1) is 12.8. The molecule has 0 spiro atoms. The Balaban J connectivity index is 1.74. The van der Waals surface area contributed by atoms with Gasteiger partial charge in [-0.15, -0.1) is 0 Å². The first-order valence-electron chi connectivity index (χ1n) is 5.93. The lowest BCUT2D eigenvalue weighted by Gasteiger charge is -2.26. The van der Waals surface area contributed by atoms with Crippen molar-refractivity contribution in [2.75, 3.05) is 38.6 Å². The summed E-state index contributed by atoms with van der Waals surface area (Å²) >= 11 is 0. The van der Waals surface area contributed by atoms with Crippen molar-refractivity contribution in [3.8, 4) is 0 Å². The molecular weight excluding hydrogens is 244 g/mol. The first-order chi connectivity index (χ1) is 8.09. The van der Waals surface area contributed by atoms with Crippen LogP contribution in [-0.2, 0) is 19.6 Å². The number of carbonyl (C=O) groups excluding carboxylic acids is 1. The van der Waals surface area contributed by atoms with Gasteiger partial charge < -0.3 is 10.1 Å². The van der Waals surface area contributed by atoms with Gasteiger partial charge in [0, 0.05) is 25.6 Å². The van der Waals surface area contributed by atoms with Crippen molar-refractivity contribution in [1.29, 1.82) is 0 Å². The van der Waals surface area contributed by atoms with Gasteiger partial charge in [0.2, 0.25) is 15.9 Å². The summed E-state index contributed by atoms with van der Waals surface area (Å²) in [5.74, 6) is 0.0918. The molecule has 17 heavy (non-hydrogen) atoms. The molecule has 1 saturated carbocycles. The lowest BCUT2D eigenvalue weighted by molar-refractivity contribution is -0.122. The second-order valence-electron chi connectivity index (χ2n) is 4.39. The van der Waals surface area contributed by atoms with E-state index in [-0.39, 0.29) is 24.1 Å². The van der Waals surface area contributed by atoms with Crippen LogP contribution in [0.5, 0.6) is 0 Å². The van der Waals surface area contributed by atoms with Gasteiger partial charge in [0.05, 0.1) is 19.0 Å². The van der Waals surface area contributed by atoms with E-state index in [0.29, 0.717) is 26.3 Å². The first-order valence-corrected chi connectivity index (χ1v) is 7.54. The highest BCUT2D eigenvalue weighted by Crippen LogP contribution is 2.28. The molecule has 2 aliphatic rings. The van der Waals surface area contributed by atoms with E-state index in [1.54, 1.807) is 0 Å². The molecule has 0 atom stereocenters. The summed E-state index contributed by atoms with van der Waals surface area (Å²) < 4.78 is 30.3. The lowest BCUT2D eigenvalue weighted by atomic mass is 10.4. The minimum Gasteiger partial charge on any atom is -0.379 e. The van der Waals surface area contributed by atoms with Crippen molar-refractivity contribution in [3.63, 3.8) is 0 Å². The van der Waals surface area contributed by atoms with Crippen LogP contribution in [0.1, 0.15) is 12.8 Å². The van der Waals surface area contributed by atoms with Crippen LogP contribution in [0.2, 0.25) is 0 Å². The number of hydrogen-bond acceptors (Lipinski definition) is 4. The SMILES string of the molecule is O=C(NCCS(=O)(=O)N1CCOCC1)C1CC1. The Morgan fingerprint density at radius 2 is 1.94 bits per heavy atom. The van der Waals surface area contributed by atoms with E-state index >= 15 is 0 Å². The van der Waals surface area contributed by atoms with Gasteiger partial charge in [-0.25, -0.2) is 8.42 Å². The molecule has 1 aliphatic heterocycles. The molecule has 1 N–H and O–H groups in total. The minimum atomic E-state index is -3.25. The molecule has 98 valence electrons. The molecule has 7 heteroatoms. The highest BCUT2D eigenvalue weighted by molar-refractivity contribution is 7.89. The van der Waals surface area contributed by atoms with Crippen LogP contribution < -0.4 is 5.32 Å². The summed E-state index contributed by atoms with van der Waals surface area (Å²) in [5, 5.41) is 2.66. The summed E-state index contributed by atoms with van der Waals surface area (Å²) in [7, 11) is -3.25. The molecule has 2 fully saturated rings. The normalized spacial score (nSPS) is 22.4. The fourth-order valence-corrected chi connectivity index (χ4v) is 3.07. The number of carbonyl (C=O) groups is 1. The van der Waals surface area contributed by atoms with Gasteiger partial charge in [0.1, 0.15) is 0 Å². The zero-order chi connectivity index (χ0) is 12.3. The third kappa shape index (κ3) is 3.65. The van der Waals surface area contributed by atoms with Crippen LogP contribution in [0.4, 0.5) is 0 Å². The highest BCUT2D eigenvalue weighted by atomic mass is 32.2. The molecule has 6 nitrogen and oxygen atoms in total. The zero-order valence-corrected chi connectivity index (χ0v) is 10.5. The maximum atomic E-state index is 11.9. The molecule has 0 aromatic carbocycles. The quantitative estimate of drug-likeness (QED) is 0.702. The summed E-state index contributed by atoms with van der Waals surface area (Å²) in [4.78, 5) is 11.3. The lowest BCUT2D eigenvalue weighted by Crippen LogP contribution is -2.43. The Hall–Kier alpha value is -0.660. The molecule has 2 rings (SSSR count). The largest absolute Gasteiger partial charge is 0.379 e. The van der Waals surface area contributed by atoms with Gasteiger partial charge in [-0.3, -0.25) is 4.79 Å². The van der Waals surface area contributed by atoms with Crippen molar-refractivity contribution in [2.45, 2.75) is 12.8 Å². The Morgan fingerprint density at radius 1 is 1.29 bits per heavy atom. The van der Waals surface area contributed by atoms with Crippen LogP contribution in [0.15, 0.2) is 0 Å². The van der Waals surface area contributed by atoms with Crippen LogP contribution in [0, 0.1) is 5.92 Å². The van der Waals surface area contributed by atoms with Gasteiger partial charge >= 0.3 is 0 Å². The van der Waals surface area contributed by atoms with E-state index in [0.717, 1.165) is 12.8 Å². The average molecular weight is 262 g/mol. The predicted molar refractivity (Wildman–Crippen MR) is 61.9 cm³/mol. The maximum absolute atomic E-state index is 11.9. The summed E-state index contributed by atoms with van der Waals surface area (Å²) in [5.41, 5.74) is 0. The van der Waals surface area contributed by atoms with Gasteiger partial charge in [0.15, 0.2) is 0 Å². The molecule has 1 heterocycles. The molecule has 0 aromatic heterocycles. The van der Waals surface area contributed by atoms with E-state index in [4.69, 9.17) is 4.74 Å². The zero-order valence-electron chi connectivity index (χ0n) is 9.72. The minimum absolute atomic E-state index is 0.0119. The van der Waals surface area contributed by atoms with Crippen molar-refractivity contribution >= 4 is 15.9 Å². The van der Waals surface area contributed by atoms with E-state index in [2.05, 4.69) is 5.32 Å². The van der Waals surface area contributed by atoms with Crippen molar-refractivity contribution < 1.29 is 17.9 Å². The molecule has 0 bridgehead atoms. The Morgan fingerprint density at radius 3 is 2.53 bits per heavy atom. The fourth-order valence-electron chi connectivity index (χ4n) is 1.75. The number of ether oxygens (including phenoxy) is 1. The number of rotatable bonds is 5. The summed E-state index contributed by atoms with van der Waals surface area (Å²) in [6.45, 7) is 1.94. The van der Waals surface area contributed by atoms with Crippen LogP contribution in [0.3, 0.4) is 0 Å². The standard InChI is InChI=1S/C10H18N2O4S/c13-10(9-1-2-9)11-3-8-17(14,15)12-4-6-16-7-5-12/h9H,1-8H2,(H,11,13). The third-order valence-electron chi connectivity index (χ3n) is 2.97. The molecule has 0 radical (unpaired) electrons. The van der Waals surface area contributed by atoms with Gasteiger partial charge in [-0.1, -0.05) is 0 Å². The fraction of sp³-hybridized carbons (Fsp3) is 0.900. The molecule has 0 aromatic rings. The monoisotopic (exact) mass is 262 g/mol. The molecule has 1 aliphatic carbocycles. The number of sulfonamides is 1. The number of hydrogen-bond donors (Lipinski definition) is 1. The number of morpholine rings is 1. The number of amides is 1. The Bertz CT molecular complexity index is 372. The van der Waals surface area contributed by atoms with Gasteiger partial charge in [-0.05, 0) is 12.8 Å². The Kier molecular flexibility index (Phi) is 4.01. The third-order valence-corrected chi connectivity index (χ3v) is 4.84. The van der Waals surface area contributed by atoms with Crippen LogP contribution in [-0.4, -0.2) is 57.2 Å². The molecule has 1 saturated heterocycles. The van der Waals surface area contributed by atoms with Gasteiger partial charge in [0.25, 0.3) is 0 Å². The maximum Gasteiger partial charge on any atom is 0.223 e. The second-order valence-corrected chi connectivity index (χ2v) is 6.48. The molecule has 0 unspecified atom stereocenters. The van der Waals surface area contributed by atoms with Crippen molar-refractivity contribution in [1.82, 2.24) is 9.62 Å². The van der Waals surface area contributed by atoms with E-state index < -0.39 is 10.0 Å². The van der Waals surface area contributed by atoms with Gasteiger partial charge in [-0.2, -0.15) is 4.31 Å². The topological polar surface area (TPSA) is 75.7 Å². The summed E-state index contributed by atoms with van der Waals surface area (Å²) in [6, 6.07) is 0. The summed E-state index contributed by atoms with van der Waals surface area (Å²) in [6.07, 6.45) is 1.87. The Labute approximate surface area is 101 Å². The van der Waals surface area contributed by atoms with Crippen molar-refractivity contribution in [2.24, 2.45) is 5.92 Å². The van der Waals surface area contributed by atoms with Crippen LogP contribution in [0.25, 0.3) is 0 Å². The average Bonchev–Trinajstić information content (AvgIpc) is 3.14. The van der Waals surface area contributed by atoms with Crippen LogP contribution >= 0.6 is 0 Å². The molecular formula is C10H18N2O4S. The van der Waals surface area contributed by atoms with Crippen molar-refractivity contribution in [3.05, 3.63) is 0 Å². The smallest absolute Gasteiger partial charge is 0.223 e.